The standard InChI is InChI=1S/C23H34N2O3Si/c1-23(2,3)29(4,5)28-18-16-26-15-17-27-25-22-11-8-9-20(19-22)12-13-21-10-6-7-14-24-21/h6-7,10,14,19H,8-9,11,15-18H2,1-5H3/b25-22+. The number of rotatable bonds is 8. The Morgan fingerprint density at radius 3 is 2.59 bits per heavy atom. The van der Waals surface area contributed by atoms with Crippen molar-refractivity contribution in [3.63, 3.8) is 0 Å². The summed E-state index contributed by atoms with van der Waals surface area (Å²) in [5.74, 6) is 6.29. The summed E-state index contributed by atoms with van der Waals surface area (Å²) >= 11 is 0. The zero-order valence-corrected chi connectivity index (χ0v) is 19.5. The van der Waals surface area contributed by atoms with E-state index in [-0.39, 0.29) is 5.04 Å². The average Bonchev–Trinajstić information content (AvgIpc) is 2.68. The summed E-state index contributed by atoms with van der Waals surface area (Å²) in [5, 5.41) is 4.45. The Morgan fingerprint density at radius 2 is 1.86 bits per heavy atom. The van der Waals surface area contributed by atoms with E-state index >= 15 is 0 Å². The molecule has 158 valence electrons. The van der Waals surface area contributed by atoms with Crippen molar-refractivity contribution >= 4 is 14.0 Å². The zero-order valence-electron chi connectivity index (χ0n) is 18.5. The lowest BCUT2D eigenvalue weighted by atomic mass is 9.98. The van der Waals surface area contributed by atoms with Gasteiger partial charge in [0.25, 0.3) is 0 Å². The van der Waals surface area contributed by atoms with Gasteiger partial charge in [0.15, 0.2) is 8.32 Å². The van der Waals surface area contributed by atoms with Crippen LogP contribution in [0.4, 0.5) is 0 Å². The van der Waals surface area contributed by atoms with Gasteiger partial charge in [0, 0.05) is 11.8 Å². The van der Waals surface area contributed by atoms with E-state index in [2.05, 4.69) is 55.8 Å². The first-order chi connectivity index (χ1) is 13.8. The van der Waals surface area contributed by atoms with E-state index < -0.39 is 8.32 Å². The minimum absolute atomic E-state index is 0.223. The molecule has 5 nitrogen and oxygen atoms in total. The lowest BCUT2D eigenvalue weighted by Gasteiger charge is -2.36. The van der Waals surface area contributed by atoms with E-state index in [1.54, 1.807) is 6.20 Å². The van der Waals surface area contributed by atoms with Crippen LogP contribution >= 0.6 is 0 Å². The molecule has 0 radical (unpaired) electrons. The Kier molecular flexibility index (Phi) is 9.09. The summed E-state index contributed by atoms with van der Waals surface area (Å²) in [6, 6.07) is 5.73. The molecule has 0 amide bonds. The van der Waals surface area contributed by atoms with Gasteiger partial charge in [-0.2, -0.15) is 0 Å². The predicted octanol–water partition coefficient (Wildman–Crippen LogP) is 4.95. The first-order valence-corrected chi connectivity index (χ1v) is 13.2. The van der Waals surface area contributed by atoms with Crippen LogP contribution in [-0.2, 0) is 14.0 Å². The maximum absolute atomic E-state index is 6.08. The summed E-state index contributed by atoms with van der Waals surface area (Å²) in [7, 11) is -1.69. The highest BCUT2D eigenvalue weighted by molar-refractivity contribution is 6.74. The lowest BCUT2D eigenvalue weighted by Crippen LogP contribution is -2.41. The highest BCUT2D eigenvalue weighted by atomic mass is 28.4. The predicted molar refractivity (Wildman–Crippen MR) is 120 cm³/mol. The molecular weight excluding hydrogens is 380 g/mol. The second-order valence-electron chi connectivity index (χ2n) is 8.63. The minimum atomic E-state index is -1.69. The molecule has 29 heavy (non-hydrogen) atoms. The number of allylic oxidation sites excluding steroid dienone is 2. The van der Waals surface area contributed by atoms with Crippen LogP contribution in [0.2, 0.25) is 18.1 Å². The van der Waals surface area contributed by atoms with Crippen LogP contribution in [0.1, 0.15) is 45.7 Å². The van der Waals surface area contributed by atoms with Crippen LogP contribution in [-0.4, -0.2) is 45.4 Å². The van der Waals surface area contributed by atoms with Gasteiger partial charge in [0.05, 0.1) is 25.5 Å². The second-order valence-corrected chi connectivity index (χ2v) is 13.4. The Bertz CT molecular complexity index is 756. The van der Waals surface area contributed by atoms with Crippen molar-refractivity contribution in [2.75, 3.05) is 26.4 Å². The summed E-state index contributed by atoms with van der Waals surface area (Å²) in [4.78, 5) is 9.63. The van der Waals surface area contributed by atoms with E-state index in [1.807, 2.05) is 24.3 Å². The molecular formula is C23H34N2O3Si. The Balaban J connectivity index is 1.67. The Hall–Kier alpha value is -1.94. The molecule has 1 aliphatic carbocycles. The maximum Gasteiger partial charge on any atom is 0.192 e. The summed E-state index contributed by atoms with van der Waals surface area (Å²) in [6.07, 6.45) is 6.69. The van der Waals surface area contributed by atoms with Crippen molar-refractivity contribution in [3.05, 3.63) is 41.7 Å². The van der Waals surface area contributed by atoms with Gasteiger partial charge >= 0.3 is 0 Å². The van der Waals surface area contributed by atoms with Gasteiger partial charge < -0.3 is 14.0 Å². The van der Waals surface area contributed by atoms with E-state index in [0.717, 1.165) is 36.2 Å². The maximum atomic E-state index is 6.08. The molecule has 0 atom stereocenters. The number of pyridine rings is 1. The van der Waals surface area contributed by atoms with Gasteiger partial charge in [-0.1, -0.05) is 37.9 Å². The topological polar surface area (TPSA) is 52.9 Å². The fourth-order valence-electron chi connectivity index (χ4n) is 2.46. The normalized spacial score (nSPS) is 16.2. The van der Waals surface area contributed by atoms with Crippen molar-refractivity contribution in [2.24, 2.45) is 5.16 Å². The van der Waals surface area contributed by atoms with Crippen molar-refractivity contribution in [1.82, 2.24) is 4.98 Å². The molecule has 0 spiro atoms. The van der Waals surface area contributed by atoms with Gasteiger partial charge in [-0.05, 0) is 61.5 Å². The number of nitrogens with zero attached hydrogens (tertiary/aromatic N) is 2. The van der Waals surface area contributed by atoms with Gasteiger partial charge in [-0.15, -0.1) is 0 Å². The highest BCUT2D eigenvalue weighted by Crippen LogP contribution is 2.36. The van der Waals surface area contributed by atoms with Crippen LogP contribution in [0.15, 0.2) is 41.2 Å². The van der Waals surface area contributed by atoms with Crippen molar-refractivity contribution in [3.8, 4) is 11.8 Å². The highest BCUT2D eigenvalue weighted by Gasteiger charge is 2.36. The molecule has 0 saturated carbocycles. The molecule has 0 bridgehead atoms. The lowest BCUT2D eigenvalue weighted by molar-refractivity contribution is 0.0368. The quantitative estimate of drug-likeness (QED) is 0.261. The van der Waals surface area contributed by atoms with Crippen LogP contribution in [0.3, 0.4) is 0 Å². The number of aromatic nitrogens is 1. The Morgan fingerprint density at radius 1 is 1.07 bits per heavy atom. The molecule has 1 aromatic heterocycles. The molecule has 1 aromatic rings. The monoisotopic (exact) mass is 414 g/mol. The third-order valence-corrected chi connectivity index (χ3v) is 9.77. The van der Waals surface area contributed by atoms with E-state index in [1.165, 1.54) is 0 Å². The third-order valence-electron chi connectivity index (χ3n) is 5.23. The summed E-state index contributed by atoms with van der Waals surface area (Å²) < 4.78 is 11.7. The minimum Gasteiger partial charge on any atom is -0.414 e. The van der Waals surface area contributed by atoms with E-state index in [4.69, 9.17) is 14.0 Å². The molecule has 1 heterocycles. The average molecular weight is 415 g/mol. The van der Waals surface area contributed by atoms with Crippen molar-refractivity contribution in [2.45, 2.75) is 58.2 Å². The number of ether oxygens (including phenoxy) is 1. The van der Waals surface area contributed by atoms with Crippen LogP contribution in [0.5, 0.6) is 0 Å². The zero-order chi connectivity index (χ0) is 21.2. The largest absolute Gasteiger partial charge is 0.414 e. The smallest absolute Gasteiger partial charge is 0.192 e. The van der Waals surface area contributed by atoms with Crippen LogP contribution in [0.25, 0.3) is 0 Å². The van der Waals surface area contributed by atoms with E-state index in [9.17, 15) is 0 Å². The first-order valence-electron chi connectivity index (χ1n) is 10.3. The summed E-state index contributed by atoms with van der Waals surface area (Å²) in [5.41, 5.74) is 2.79. The summed E-state index contributed by atoms with van der Waals surface area (Å²) in [6.45, 7) is 13.4. The second kappa shape index (κ2) is 11.3. The van der Waals surface area contributed by atoms with Crippen molar-refractivity contribution < 1.29 is 14.0 Å². The SMILES string of the molecule is CC(C)(C)[Si](C)(C)OCCOCCO/N=C1/C=C(C#Cc2ccccn2)CCC1. The van der Waals surface area contributed by atoms with Crippen LogP contribution in [0, 0.1) is 11.8 Å². The number of hydrogen-bond acceptors (Lipinski definition) is 5. The Labute approximate surface area is 176 Å². The van der Waals surface area contributed by atoms with E-state index in [0.29, 0.717) is 26.4 Å². The molecule has 1 aliphatic rings. The fraction of sp³-hybridized carbons (Fsp3) is 0.565. The molecule has 0 aromatic carbocycles. The fourth-order valence-corrected chi connectivity index (χ4v) is 3.48. The van der Waals surface area contributed by atoms with Gasteiger partial charge in [-0.3, -0.25) is 0 Å². The molecule has 0 unspecified atom stereocenters. The first kappa shape index (κ1) is 23.3. The van der Waals surface area contributed by atoms with Gasteiger partial charge in [-0.25, -0.2) is 4.98 Å². The van der Waals surface area contributed by atoms with Crippen molar-refractivity contribution in [1.29, 1.82) is 0 Å². The van der Waals surface area contributed by atoms with Crippen LogP contribution < -0.4 is 0 Å². The number of oxime groups is 1. The third kappa shape index (κ3) is 8.53. The molecule has 2 rings (SSSR count). The molecule has 0 aliphatic heterocycles. The molecule has 0 fully saturated rings. The molecule has 0 saturated heterocycles. The molecule has 0 N–H and O–H groups in total. The van der Waals surface area contributed by atoms with Gasteiger partial charge in [0.2, 0.25) is 0 Å². The van der Waals surface area contributed by atoms with Gasteiger partial charge in [0.1, 0.15) is 12.3 Å². The number of hydrogen-bond donors (Lipinski definition) is 0. The molecule has 6 heteroatoms.